The smallest absolute Gasteiger partial charge is 0.307 e. The first-order valence-electron chi connectivity index (χ1n) is 8.06. The number of benzene rings is 2. The predicted molar refractivity (Wildman–Crippen MR) is 90.2 cm³/mol. The van der Waals surface area contributed by atoms with E-state index >= 15 is 0 Å². The van der Waals surface area contributed by atoms with E-state index in [9.17, 15) is 9.59 Å². The van der Waals surface area contributed by atoms with Crippen molar-refractivity contribution in [3.05, 3.63) is 59.7 Å². The zero-order valence-corrected chi connectivity index (χ0v) is 13.6. The molecule has 1 aliphatic rings. The van der Waals surface area contributed by atoms with Gasteiger partial charge in [-0.25, -0.2) is 0 Å². The third kappa shape index (κ3) is 4.29. The maximum atomic E-state index is 12.1. The molecule has 2 aromatic carbocycles. The summed E-state index contributed by atoms with van der Waals surface area (Å²) in [4.78, 5) is 23.7. The first-order chi connectivity index (χ1) is 12.1. The standard InChI is InChI=1S/C19H19NO5/c20-19(22)18(14-4-2-1-3-5-14)25-17(21)9-7-13-6-8-15-16(12-13)24-11-10-23-15/h1-6,8,12,18H,7,9-11H2,(H2,20,22)/t18-/m1/s1. The Balaban J connectivity index is 1.59. The number of ether oxygens (including phenoxy) is 3. The Morgan fingerprint density at radius 2 is 1.76 bits per heavy atom. The number of esters is 1. The van der Waals surface area contributed by atoms with Crippen molar-refractivity contribution in [3.8, 4) is 11.5 Å². The van der Waals surface area contributed by atoms with Crippen LogP contribution in [0.5, 0.6) is 11.5 Å². The Kier molecular flexibility index (Phi) is 5.18. The average Bonchev–Trinajstić information content (AvgIpc) is 2.64. The molecule has 0 aliphatic carbocycles. The van der Waals surface area contributed by atoms with E-state index in [1.54, 1.807) is 24.3 Å². The summed E-state index contributed by atoms with van der Waals surface area (Å²) < 4.78 is 16.2. The van der Waals surface area contributed by atoms with E-state index in [0.717, 1.165) is 5.56 Å². The van der Waals surface area contributed by atoms with Gasteiger partial charge in [0.2, 0.25) is 6.10 Å². The molecule has 3 rings (SSSR count). The molecular formula is C19H19NO5. The molecule has 130 valence electrons. The van der Waals surface area contributed by atoms with Crippen LogP contribution < -0.4 is 15.2 Å². The lowest BCUT2D eigenvalue weighted by Crippen LogP contribution is -2.26. The van der Waals surface area contributed by atoms with Crippen molar-refractivity contribution < 1.29 is 23.8 Å². The van der Waals surface area contributed by atoms with Crippen molar-refractivity contribution in [1.82, 2.24) is 0 Å². The highest BCUT2D eigenvalue weighted by molar-refractivity contribution is 5.83. The second-order valence-electron chi connectivity index (χ2n) is 5.66. The monoisotopic (exact) mass is 341 g/mol. The minimum absolute atomic E-state index is 0.135. The fourth-order valence-corrected chi connectivity index (χ4v) is 2.60. The summed E-state index contributed by atoms with van der Waals surface area (Å²) >= 11 is 0. The van der Waals surface area contributed by atoms with E-state index in [1.165, 1.54) is 0 Å². The van der Waals surface area contributed by atoms with Crippen molar-refractivity contribution in [2.75, 3.05) is 13.2 Å². The number of fused-ring (bicyclic) bond motifs is 1. The highest BCUT2D eigenvalue weighted by Gasteiger charge is 2.22. The summed E-state index contributed by atoms with van der Waals surface area (Å²) in [5, 5.41) is 0. The first kappa shape index (κ1) is 16.8. The van der Waals surface area contributed by atoms with Gasteiger partial charge in [0.25, 0.3) is 5.91 Å². The Bertz CT molecular complexity index is 760. The van der Waals surface area contributed by atoms with Gasteiger partial charge < -0.3 is 19.9 Å². The molecule has 0 radical (unpaired) electrons. The molecule has 0 bridgehead atoms. The van der Waals surface area contributed by atoms with Gasteiger partial charge in [-0.3, -0.25) is 9.59 Å². The maximum Gasteiger partial charge on any atom is 0.307 e. The van der Waals surface area contributed by atoms with Gasteiger partial charge in [-0.05, 0) is 24.1 Å². The van der Waals surface area contributed by atoms with E-state index in [4.69, 9.17) is 19.9 Å². The van der Waals surface area contributed by atoms with Gasteiger partial charge >= 0.3 is 5.97 Å². The third-order valence-corrected chi connectivity index (χ3v) is 3.83. The van der Waals surface area contributed by atoms with Gasteiger partial charge in [-0.1, -0.05) is 36.4 Å². The zero-order chi connectivity index (χ0) is 17.6. The number of amides is 1. The van der Waals surface area contributed by atoms with Gasteiger partial charge in [0.05, 0.1) is 0 Å². The molecule has 6 nitrogen and oxygen atoms in total. The highest BCUT2D eigenvalue weighted by Crippen LogP contribution is 2.31. The number of carbonyl (C=O) groups is 2. The van der Waals surface area contributed by atoms with Crippen LogP contribution in [-0.2, 0) is 20.7 Å². The summed E-state index contributed by atoms with van der Waals surface area (Å²) in [6.45, 7) is 1.04. The van der Waals surface area contributed by atoms with Gasteiger partial charge in [-0.2, -0.15) is 0 Å². The molecule has 0 saturated carbocycles. The number of rotatable bonds is 6. The normalized spacial score (nSPS) is 13.8. The molecule has 1 amide bonds. The number of primary amides is 1. The van der Waals surface area contributed by atoms with Crippen LogP contribution in [0.3, 0.4) is 0 Å². The van der Waals surface area contributed by atoms with Crippen LogP contribution in [0.4, 0.5) is 0 Å². The molecule has 2 N–H and O–H groups in total. The van der Waals surface area contributed by atoms with Crippen molar-refractivity contribution in [2.45, 2.75) is 18.9 Å². The van der Waals surface area contributed by atoms with Crippen LogP contribution in [0, 0.1) is 0 Å². The molecule has 6 heteroatoms. The fourth-order valence-electron chi connectivity index (χ4n) is 2.60. The SMILES string of the molecule is NC(=O)[C@H](OC(=O)CCc1ccc2c(c1)OCCO2)c1ccccc1. The summed E-state index contributed by atoms with van der Waals surface area (Å²) in [5.74, 6) is 0.202. The van der Waals surface area contributed by atoms with Crippen molar-refractivity contribution >= 4 is 11.9 Å². The van der Waals surface area contributed by atoms with E-state index in [2.05, 4.69) is 0 Å². The molecule has 0 saturated heterocycles. The second kappa shape index (κ2) is 7.70. The molecule has 1 aliphatic heterocycles. The second-order valence-corrected chi connectivity index (χ2v) is 5.66. The molecule has 2 aromatic rings. The Morgan fingerprint density at radius 1 is 1.04 bits per heavy atom. The van der Waals surface area contributed by atoms with Crippen molar-refractivity contribution in [2.24, 2.45) is 5.73 Å². The molecule has 1 heterocycles. The predicted octanol–water partition coefficient (Wildman–Crippen LogP) is 2.16. The van der Waals surface area contributed by atoms with Gasteiger partial charge in [-0.15, -0.1) is 0 Å². The topological polar surface area (TPSA) is 87.9 Å². The molecule has 0 unspecified atom stereocenters. The first-order valence-corrected chi connectivity index (χ1v) is 8.06. The zero-order valence-electron chi connectivity index (χ0n) is 13.6. The number of hydrogen-bond acceptors (Lipinski definition) is 5. The molecule has 25 heavy (non-hydrogen) atoms. The summed E-state index contributed by atoms with van der Waals surface area (Å²) in [5.41, 5.74) is 6.84. The fraction of sp³-hybridized carbons (Fsp3) is 0.263. The highest BCUT2D eigenvalue weighted by atomic mass is 16.6. The van der Waals surface area contributed by atoms with E-state index in [1.807, 2.05) is 24.3 Å². The Morgan fingerprint density at radius 3 is 2.48 bits per heavy atom. The minimum atomic E-state index is -1.08. The van der Waals surface area contributed by atoms with E-state index < -0.39 is 18.0 Å². The number of carbonyl (C=O) groups excluding carboxylic acids is 2. The molecule has 0 aromatic heterocycles. The van der Waals surface area contributed by atoms with Crippen LogP contribution in [0.2, 0.25) is 0 Å². The lowest BCUT2D eigenvalue weighted by atomic mass is 10.1. The van der Waals surface area contributed by atoms with Gasteiger partial charge in [0, 0.05) is 12.0 Å². The number of aryl methyl sites for hydroxylation is 1. The van der Waals surface area contributed by atoms with Crippen LogP contribution in [0.1, 0.15) is 23.7 Å². The van der Waals surface area contributed by atoms with Crippen molar-refractivity contribution in [3.63, 3.8) is 0 Å². The van der Waals surface area contributed by atoms with Crippen LogP contribution in [-0.4, -0.2) is 25.1 Å². The lowest BCUT2D eigenvalue weighted by Gasteiger charge is -2.19. The Labute approximate surface area is 145 Å². The quantitative estimate of drug-likeness (QED) is 0.814. The van der Waals surface area contributed by atoms with Crippen LogP contribution >= 0.6 is 0 Å². The molecule has 0 fully saturated rings. The van der Waals surface area contributed by atoms with E-state index in [0.29, 0.717) is 36.7 Å². The number of nitrogens with two attached hydrogens (primary N) is 1. The largest absolute Gasteiger partial charge is 0.486 e. The third-order valence-electron chi connectivity index (χ3n) is 3.83. The average molecular weight is 341 g/mol. The number of hydrogen-bond donors (Lipinski definition) is 1. The maximum absolute atomic E-state index is 12.1. The lowest BCUT2D eigenvalue weighted by molar-refractivity contribution is -0.155. The molecule has 0 spiro atoms. The van der Waals surface area contributed by atoms with Gasteiger partial charge in [0.15, 0.2) is 11.5 Å². The Hall–Kier alpha value is -3.02. The molecule has 1 atom stereocenters. The van der Waals surface area contributed by atoms with Crippen LogP contribution in [0.15, 0.2) is 48.5 Å². The summed E-state index contributed by atoms with van der Waals surface area (Å²) in [6, 6.07) is 14.3. The molecular weight excluding hydrogens is 322 g/mol. The van der Waals surface area contributed by atoms with Crippen LogP contribution in [0.25, 0.3) is 0 Å². The summed E-state index contributed by atoms with van der Waals surface area (Å²) in [7, 11) is 0. The van der Waals surface area contributed by atoms with Crippen molar-refractivity contribution in [1.29, 1.82) is 0 Å². The van der Waals surface area contributed by atoms with Gasteiger partial charge in [0.1, 0.15) is 13.2 Å². The van der Waals surface area contributed by atoms with E-state index in [-0.39, 0.29) is 6.42 Å². The minimum Gasteiger partial charge on any atom is -0.486 e. The summed E-state index contributed by atoms with van der Waals surface area (Å²) in [6.07, 6.45) is -0.472.